The number of esters is 2. The van der Waals surface area contributed by atoms with E-state index in [9.17, 15) is 19.5 Å². The van der Waals surface area contributed by atoms with E-state index in [0.29, 0.717) is 11.1 Å². The molecular formula is C23H22N2O6. The summed E-state index contributed by atoms with van der Waals surface area (Å²) >= 11 is 0. The van der Waals surface area contributed by atoms with Crippen LogP contribution in [-0.2, 0) is 19.1 Å². The second-order valence-corrected chi connectivity index (χ2v) is 6.74. The number of ether oxygens (including phenoxy) is 2. The Bertz CT molecular complexity index is 1030. The van der Waals surface area contributed by atoms with Crippen molar-refractivity contribution in [2.45, 2.75) is 6.04 Å². The van der Waals surface area contributed by atoms with Crippen LogP contribution in [0.1, 0.15) is 17.2 Å². The Morgan fingerprint density at radius 2 is 1.81 bits per heavy atom. The SMILES string of the molecule is COC(=O)C1=C(COC(=O)/C=C/c2ccc(O)cc2)N(C)C(=O)NC1c1ccccc1. The zero-order valence-electron chi connectivity index (χ0n) is 17.1. The van der Waals surface area contributed by atoms with E-state index >= 15 is 0 Å². The van der Waals surface area contributed by atoms with Crippen LogP contribution in [0.15, 0.2) is 71.9 Å². The minimum Gasteiger partial charge on any atom is -0.508 e. The molecule has 2 N–H and O–H groups in total. The first-order valence-electron chi connectivity index (χ1n) is 9.45. The van der Waals surface area contributed by atoms with E-state index in [1.54, 1.807) is 36.4 Å². The average Bonchev–Trinajstić information content (AvgIpc) is 2.79. The van der Waals surface area contributed by atoms with Gasteiger partial charge in [-0.25, -0.2) is 14.4 Å². The lowest BCUT2D eigenvalue weighted by Gasteiger charge is -2.34. The highest BCUT2D eigenvalue weighted by atomic mass is 16.5. The van der Waals surface area contributed by atoms with Crippen LogP contribution in [0.3, 0.4) is 0 Å². The molecule has 0 saturated carbocycles. The van der Waals surface area contributed by atoms with Gasteiger partial charge in [0.15, 0.2) is 0 Å². The summed E-state index contributed by atoms with van der Waals surface area (Å²) in [6, 6.07) is 14.1. The van der Waals surface area contributed by atoms with Crippen molar-refractivity contribution in [1.82, 2.24) is 10.2 Å². The predicted molar refractivity (Wildman–Crippen MR) is 113 cm³/mol. The normalized spacial score (nSPS) is 16.3. The Morgan fingerprint density at radius 3 is 2.45 bits per heavy atom. The number of rotatable bonds is 6. The van der Waals surface area contributed by atoms with Gasteiger partial charge in [-0.1, -0.05) is 42.5 Å². The fourth-order valence-corrected chi connectivity index (χ4v) is 3.12. The van der Waals surface area contributed by atoms with E-state index in [1.807, 2.05) is 6.07 Å². The molecule has 1 aliphatic heterocycles. The number of amides is 2. The van der Waals surface area contributed by atoms with E-state index in [-0.39, 0.29) is 23.6 Å². The number of phenols is 1. The summed E-state index contributed by atoms with van der Waals surface area (Å²) in [7, 11) is 2.73. The molecule has 2 amide bonds. The van der Waals surface area contributed by atoms with Gasteiger partial charge < -0.3 is 19.9 Å². The number of hydrogen-bond acceptors (Lipinski definition) is 6. The van der Waals surface area contributed by atoms with Crippen molar-refractivity contribution in [2.24, 2.45) is 0 Å². The summed E-state index contributed by atoms with van der Waals surface area (Å²) in [6.45, 7) is -0.295. The van der Waals surface area contributed by atoms with Crippen molar-refractivity contribution in [3.8, 4) is 5.75 Å². The van der Waals surface area contributed by atoms with Crippen LogP contribution in [0.2, 0.25) is 0 Å². The number of phenolic OH excluding ortho intramolecular Hbond substituents is 1. The van der Waals surface area contributed by atoms with Crippen LogP contribution in [0.4, 0.5) is 4.79 Å². The van der Waals surface area contributed by atoms with E-state index in [1.165, 1.54) is 43.3 Å². The number of carbonyl (C=O) groups excluding carboxylic acids is 3. The van der Waals surface area contributed by atoms with Gasteiger partial charge in [-0.15, -0.1) is 0 Å². The third-order valence-electron chi connectivity index (χ3n) is 4.77. The molecule has 0 saturated heterocycles. The number of nitrogens with zero attached hydrogens (tertiary/aromatic N) is 1. The average molecular weight is 422 g/mol. The number of aromatic hydroxyl groups is 1. The third kappa shape index (κ3) is 5.11. The van der Waals surface area contributed by atoms with Crippen molar-refractivity contribution in [2.75, 3.05) is 20.8 Å². The molecule has 1 atom stereocenters. The standard InChI is InChI=1S/C23H22N2O6/c1-25-18(14-31-19(27)13-10-15-8-11-17(26)12-9-15)20(22(28)30-2)21(24-23(25)29)16-6-4-3-5-7-16/h3-13,21,26H,14H2,1-2H3,(H,24,29)/b13-10+. The molecule has 8 heteroatoms. The minimum atomic E-state index is -0.737. The van der Waals surface area contributed by atoms with E-state index in [4.69, 9.17) is 9.47 Å². The molecule has 1 heterocycles. The maximum Gasteiger partial charge on any atom is 0.338 e. The van der Waals surface area contributed by atoms with Gasteiger partial charge >= 0.3 is 18.0 Å². The van der Waals surface area contributed by atoms with E-state index in [2.05, 4.69) is 5.32 Å². The second kappa shape index (κ2) is 9.62. The second-order valence-electron chi connectivity index (χ2n) is 6.74. The number of methoxy groups -OCH3 is 1. The summed E-state index contributed by atoms with van der Waals surface area (Å²) in [5.74, 6) is -1.17. The van der Waals surface area contributed by atoms with Crippen molar-refractivity contribution in [1.29, 1.82) is 0 Å². The Morgan fingerprint density at radius 1 is 1.13 bits per heavy atom. The molecule has 0 bridgehead atoms. The van der Waals surface area contributed by atoms with Gasteiger partial charge in [0.05, 0.1) is 24.4 Å². The summed E-state index contributed by atoms with van der Waals surface area (Å²) in [5.41, 5.74) is 1.81. The van der Waals surface area contributed by atoms with Gasteiger partial charge in [0.1, 0.15) is 12.4 Å². The smallest absolute Gasteiger partial charge is 0.338 e. The molecule has 0 fully saturated rings. The maximum atomic E-state index is 12.6. The van der Waals surface area contributed by atoms with Gasteiger partial charge in [0.2, 0.25) is 0 Å². The van der Waals surface area contributed by atoms with Crippen LogP contribution in [0.5, 0.6) is 5.75 Å². The van der Waals surface area contributed by atoms with E-state index < -0.39 is 24.0 Å². The summed E-state index contributed by atoms with van der Waals surface area (Å²) < 4.78 is 10.2. The molecule has 3 rings (SSSR count). The lowest BCUT2D eigenvalue weighted by Crippen LogP contribution is -2.47. The first-order valence-corrected chi connectivity index (χ1v) is 9.45. The molecule has 0 radical (unpaired) electrons. The van der Waals surface area contributed by atoms with Crippen molar-refractivity contribution in [3.63, 3.8) is 0 Å². The molecule has 0 aromatic heterocycles. The molecule has 1 aliphatic rings. The Balaban J connectivity index is 1.84. The summed E-state index contributed by atoms with van der Waals surface area (Å²) in [6.07, 6.45) is 2.75. The number of urea groups is 1. The zero-order chi connectivity index (χ0) is 22.4. The fraction of sp³-hybridized carbons (Fsp3) is 0.174. The van der Waals surface area contributed by atoms with Crippen LogP contribution in [-0.4, -0.2) is 48.7 Å². The lowest BCUT2D eigenvalue weighted by atomic mass is 9.95. The Labute approximate surface area is 179 Å². The Kier molecular flexibility index (Phi) is 6.71. The number of hydrogen-bond donors (Lipinski definition) is 2. The summed E-state index contributed by atoms with van der Waals surface area (Å²) in [4.78, 5) is 38.5. The number of carbonyl (C=O) groups is 3. The van der Waals surface area contributed by atoms with E-state index in [0.717, 1.165) is 0 Å². The first-order chi connectivity index (χ1) is 14.9. The van der Waals surface area contributed by atoms with Crippen molar-refractivity contribution in [3.05, 3.63) is 83.1 Å². The highest BCUT2D eigenvalue weighted by Crippen LogP contribution is 2.30. The molecule has 31 heavy (non-hydrogen) atoms. The lowest BCUT2D eigenvalue weighted by molar-refractivity contribution is -0.139. The fourth-order valence-electron chi connectivity index (χ4n) is 3.12. The van der Waals surface area contributed by atoms with Crippen molar-refractivity contribution < 1.29 is 29.0 Å². The maximum absolute atomic E-state index is 12.6. The van der Waals surface area contributed by atoms with Crippen molar-refractivity contribution >= 4 is 24.0 Å². The largest absolute Gasteiger partial charge is 0.508 e. The predicted octanol–water partition coefficient (Wildman–Crippen LogP) is 2.77. The topological polar surface area (TPSA) is 105 Å². The minimum absolute atomic E-state index is 0.119. The zero-order valence-corrected chi connectivity index (χ0v) is 17.1. The highest BCUT2D eigenvalue weighted by Gasteiger charge is 2.36. The number of benzene rings is 2. The highest BCUT2D eigenvalue weighted by molar-refractivity contribution is 5.95. The molecule has 8 nitrogen and oxygen atoms in total. The molecular weight excluding hydrogens is 400 g/mol. The molecule has 1 unspecified atom stereocenters. The molecule has 2 aromatic rings. The van der Waals surface area contributed by atoms with Crippen LogP contribution in [0, 0.1) is 0 Å². The van der Waals surface area contributed by atoms with Gasteiger partial charge in [-0.2, -0.15) is 0 Å². The van der Waals surface area contributed by atoms with Crippen LogP contribution >= 0.6 is 0 Å². The van der Waals surface area contributed by atoms with Crippen LogP contribution in [0.25, 0.3) is 6.08 Å². The van der Waals surface area contributed by atoms with Gasteiger partial charge in [0, 0.05) is 13.1 Å². The number of likely N-dealkylation sites (N-methyl/N-ethyl adjacent to an activating group) is 1. The first kappa shape index (κ1) is 21.6. The molecule has 160 valence electrons. The van der Waals surface area contributed by atoms with Gasteiger partial charge in [-0.3, -0.25) is 4.90 Å². The van der Waals surface area contributed by atoms with Gasteiger partial charge in [-0.05, 0) is 29.3 Å². The quantitative estimate of drug-likeness (QED) is 0.548. The number of nitrogens with one attached hydrogen (secondary N) is 1. The molecule has 0 aliphatic carbocycles. The summed E-state index contributed by atoms with van der Waals surface area (Å²) in [5, 5.41) is 12.1. The molecule has 0 spiro atoms. The Hall–Kier alpha value is -4.07. The van der Waals surface area contributed by atoms with Crippen LogP contribution < -0.4 is 5.32 Å². The third-order valence-corrected chi connectivity index (χ3v) is 4.77. The van der Waals surface area contributed by atoms with Gasteiger partial charge in [0.25, 0.3) is 0 Å². The monoisotopic (exact) mass is 422 g/mol. The molecule has 2 aromatic carbocycles.